The fourth-order valence-electron chi connectivity index (χ4n) is 3.71. The van der Waals surface area contributed by atoms with Crippen LogP contribution in [-0.4, -0.2) is 75.2 Å². The molecular formula is C18H22ClN3O9S2. The number of carbonyl (C=O) groups is 2. The van der Waals surface area contributed by atoms with E-state index in [1.54, 1.807) is 0 Å². The Morgan fingerprint density at radius 1 is 1.24 bits per heavy atom. The first kappa shape index (κ1) is 25.3. The molecule has 2 aliphatic heterocycles. The number of hydrogen-bond donors (Lipinski definition) is 1. The number of sulfonamides is 1. The molecule has 0 saturated carbocycles. The van der Waals surface area contributed by atoms with Crippen LogP contribution in [0, 0.1) is 16.0 Å². The number of amides is 1. The van der Waals surface area contributed by atoms with E-state index in [9.17, 15) is 36.5 Å². The lowest BCUT2D eigenvalue weighted by molar-refractivity contribution is -0.385. The molecule has 2 heterocycles. The number of sulfone groups is 1. The molecule has 2 aliphatic rings. The van der Waals surface area contributed by atoms with Crippen molar-refractivity contribution < 1.29 is 36.1 Å². The summed E-state index contributed by atoms with van der Waals surface area (Å²) in [4.78, 5) is 34.1. The largest absolute Gasteiger partial charge is 0.455 e. The first-order valence-electron chi connectivity index (χ1n) is 9.99. The van der Waals surface area contributed by atoms with E-state index in [2.05, 4.69) is 5.32 Å². The smallest absolute Gasteiger partial charge is 0.309 e. The van der Waals surface area contributed by atoms with Gasteiger partial charge in [0.2, 0.25) is 10.0 Å². The number of benzene rings is 1. The number of ether oxygens (including phenoxy) is 1. The third-order valence-electron chi connectivity index (χ3n) is 5.47. The molecule has 1 atom stereocenters. The fraction of sp³-hybridized carbons (Fsp3) is 0.556. The van der Waals surface area contributed by atoms with Crippen molar-refractivity contribution in [2.45, 2.75) is 30.2 Å². The number of carbonyl (C=O) groups excluding carboxylic acids is 2. The summed E-state index contributed by atoms with van der Waals surface area (Å²) in [6.45, 7) is -0.627. The van der Waals surface area contributed by atoms with Crippen molar-refractivity contribution in [3.8, 4) is 0 Å². The molecule has 1 unspecified atom stereocenters. The summed E-state index contributed by atoms with van der Waals surface area (Å²) >= 11 is 5.96. The van der Waals surface area contributed by atoms with Gasteiger partial charge in [-0.3, -0.25) is 19.7 Å². The lowest BCUT2D eigenvalue weighted by Gasteiger charge is -2.30. The Labute approximate surface area is 195 Å². The summed E-state index contributed by atoms with van der Waals surface area (Å²) in [5, 5.41) is 13.3. The van der Waals surface area contributed by atoms with E-state index in [-0.39, 0.29) is 47.4 Å². The van der Waals surface area contributed by atoms with E-state index in [0.717, 1.165) is 22.5 Å². The Bertz CT molecular complexity index is 1160. The van der Waals surface area contributed by atoms with Crippen LogP contribution in [0.5, 0.6) is 0 Å². The molecule has 1 aromatic rings. The van der Waals surface area contributed by atoms with Gasteiger partial charge in [-0.2, -0.15) is 4.31 Å². The van der Waals surface area contributed by atoms with Crippen LogP contribution in [0.25, 0.3) is 0 Å². The number of piperidine rings is 1. The van der Waals surface area contributed by atoms with Gasteiger partial charge in [0.15, 0.2) is 16.4 Å². The summed E-state index contributed by atoms with van der Waals surface area (Å²) in [5.41, 5.74) is -0.412. The molecule has 33 heavy (non-hydrogen) atoms. The Kier molecular flexibility index (Phi) is 7.61. The van der Waals surface area contributed by atoms with Gasteiger partial charge in [0, 0.05) is 31.3 Å². The predicted octanol–water partition coefficient (Wildman–Crippen LogP) is 0.495. The van der Waals surface area contributed by atoms with Gasteiger partial charge in [-0.15, -0.1) is 0 Å². The zero-order valence-electron chi connectivity index (χ0n) is 17.3. The van der Waals surface area contributed by atoms with Gasteiger partial charge in [-0.05, 0) is 25.3 Å². The molecule has 3 rings (SSSR count). The van der Waals surface area contributed by atoms with E-state index in [0.29, 0.717) is 6.42 Å². The van der Waals surface area contributed by atoms with E-state index in [1.807, 2.05) is 0 Å². The van der Waals surface area contributed by atoms with Crippen LogP contribution < -0.4 is 5.32 Å². The highest BCUT2D eigenvalue weighted by atomic mass is 35.5. The molecule has 12 nitrogen and oxygen atoms in total. The van der Waals surface area contributed by atoms with Crippen LogP contribution >= 0.6 is 11.6 Å². The summed E-state index contributed by atoms with van der Waals surface area (Å²) in [5.74, 6) is -2.04. The molecule has 1 N–H and O–H groups in total. The Hall–Kier alpha value is -2.29. The third kappa shape index (κ3) is 6.19. The van der Waals surface area contributed by atoms with Crippen molar-refractivity contribution in [1.82, 2.24) is 9.62 Å². The summed E-state index contributed by atoms with van der Waals surface area (Å²) in [6.07, 6.45) is 0.573. The highest BCUT2D eigenvalue weighted by Gasteiger charge is 2.35. The minimum Gasteiger partial charge on any atom is -0.455 e. The molecule has 182 valence electrons. The average molecular weight is 524 g/mol. The molecule has 0 aromatic heterocycles. The van der Waals surface area contributed by atoms with Crippen LogP contribution in [0.2, 0.25) is 5.02 Å². The monoisotopic (exact) mass is 523 g/mol. The first-order chi connectivity index (χ1) is 15.4. The zero-order valence-corrected chi connectivity index (χ0v) is 19.7. The number of hydrogen-bond acceptors (Lipinski definition) is 9. The van der Waals surface area contributed by atoms with Crippen LogP contribution in [0.1, 0.15) is 19.3 Å². The molecule has 2 fully saturated rings. The van der Waals surface area contributed by atoms with Crippen molar-refractivity contribution in [1.29, 1.82) is 0 Å². The van der Waals surface area contributed by atoms with Gasteiger partial charge in [-0.1, -0.05) is 11.6 Å². The maximum atomic E-state index is 12.9. The maximum Gasteiger partial charge on any atom is 0.309 e. The minimum atomic E-state index is -4.11. The Morgan fingerprint density at radius 3 is 2.48 bits per heavy atom. The number of non-ortho nitro benzene ring substituents is 1. The number of nitro benzene ring substituents is 1. The quantitative estimate of drug-likeness (QED) is 0.303. The summed E-state index contributed by atoms with van der Waals surface area (Å²) < 4.78 is 54.7. The number of halogens is 1. The van der Waals surface area contributed by atoms with Gasteiger partial charge in [0.05, 0.1) is 27.4 Å². The number of nitrogens with zero attached hydrogens (tertiary/aromatic N) is 2. The van der Waals surface area contributed by atoms with Gasteiger partial charge in [-0.25, -0.2) is 16.8 Å². The second kappa shape index (κ2) is 9.91. The van der Waals surface area contributed by atoms with Crippen LogP contribution in [0.4, 0.5) is 5.69 Å². The normalized spacial score (nSPS) is 21.4. The van der Waals surface area contributed by atoms with Crippen molar-refractivity contribution >= 4 is 49.0 Å². The van der Waals surface area contributed by atoms with Gasteiger partial charge < -0.3 is 10.1 Å². The third-order valence-corrected chi connectivity index (χ3v) is 9.62. The molecule has 1 aromatic carbocycles. The molecule has 0 radical (unpaired) electrons. The summed E-state index contributed by atoms with van der Waals surface area (Å²) in [7, 11) is -7.27. The van der Waals surface area contributed by atoms with E-state index in [4.69, 9.17) is 16.3 Å². The van der Waals surface area contributed by atoms with E-state index in [1.165, 1.54) is 0 Å². The number of nitrogens with one attached hydrogen (secondary N) is 1. The lowest BCUT2D eigenvalue weighted by atomic mass is 9.98. The predicted molar refractivity (Wildman–Crippen MR) is 116 cm³/mol. The fourth-order valence-corrected chi connectivity index (χ4v) is 7.34. The van der Waals surface area contributed by atoms with Gasteiger partial charge >= 0.3 is 5.97 Å². The highest BCUT2D eigenvalue weighted by Crippen LogP contribution is 2.31. The number of esters is 1. The minimum absolute atomic E-state index is 0.000750. The molecule has 0 spiro atoms. The molecule has 15 heteroatoms. The first-order valence-corrected chi connectivity index (χ1v) is 13.6. The number of rotatable bonds is 7. The van der Waals surface area contributed by atoms with E-state index < -0.39 is 60.9 Å². The van der Waals surface area contributed by atoms with Crippen LogP contribution in [0.15, 0.2) is 23.1 Å². The highest BCUT2D eigenvalue weighted by molar-refractivity contribution is 7.91. The molecule has 1 amide bonds. The molecule has 0 bridgehead atoms. The zero-order chi connectivity index (χ0) is 24.4. The Morgan fingerprint density at radius 2 is 1.91 bits per heavy atom. The standard InChI is InChI=1S/C18H22ClN3O9S2/c19-15-2-1-14(22(25)26)9-16(15)33(29,30)21-6-3-12(4-7-21)18(24)31-10-17(23)20-13-5-8-32(27,28)11-13/h1-2,9,12-13H,3-8,10-11H2,(H,20,23). The van der Waals surface area contributed by atoms with Crippen molar-refractivity contribution in [2.75, 3.05) is 31.2 Å². The molecule has 2 saturated heterocycles. The van der Waals surface area contributed by atoms with Gasteiger partial charge in [0.25, 0.3) is 11.6 Å². The maximum absolute atomic E-state index is 12.9. The van der Waals surface area contributed by atoms with Crippen LogP contribution in [-0.2, 0) is 34.2 Å². The molecular weight excluding hydrogens is 502 g/mol. The second-order valence-electron chi connectivity index (χ2n) is 7.83. The van der Waals surface area contributed by atoms with Crippen molar-refractivity contribution in [3.63, 3.8) is 0 Å². The summed E-state index contributed by atoms with van der Waals surface area (Å²) in [6, 6.07) is 2.63. The second-order valence-corrected chi connectivity index (χ2v) is 12.4. The van der Waals surface area contributed by atoms with Crippen molar-refractivity contribution in [2.24, 2.45) is 5.92 Å². The topological polar surface area (TPSA) is 170 Å². The van der Waals surface area contributed by atoms with E-state index >= 15 is 0 Å². The average Bonchev–Trinajstić information content (AvgIpc) is 3.10. The Balaban J connectivity index is 1.52. The van der Waals surface area contributed by atoms with Crippen LogP contribution in [0.3, 0.4) is 0 Å². The van der Waals surface area contributed by atoms with Gasteiger partial charge in [0.1, 0.15) is 4.90 Å². The SMILES string of the molecule is O=C(COC(=O)C1CCN(S(=O)(=O)c2cc([N+](=O)[O-])ccc2Cl)CC1)NC1CCS(=O)(=O)C1. The van der Waals surface area contributed by atoms with Crippen molar-refractivity contribution in [3.05, 3.63) is 33.3 Å². The number of nitro groups is 1. The molecule has 0 aliphatic carbocycles. The lowest BCUT2D eigenvalue weighted by Crippen LogP contribution is -2.42.